The summed E-state index contributed by atoms with van der Waals surface area (Å²) in [6, 6.07) is 9.45. The average Bonchev–Trinajstić information content (AvgIpc) is 2.68. The van der Waals surface area contributed by atoms with Crippen LogP contribution in [0.25, 0.3) is 0 Å². The van der Waals surface area contributed by atoms with Crippen LogP contribution in [0.5, 0.6) is 11.5 Å². The van der Waals surface area contributed by atoms with E-state index in [1.54, 1.807) is 12.1 Å². The number of amides is 3. The fourth-order valence-electron chi connectivity index (χ4n) is 2.61. The molecule has 3 amide bonds. The molecule has 148 valence electrons. The fourth-order valence-corrected chi connectivity index (χ4v) is 2.95. The summed E-state index contributed by atoms with van der Waals surface area (Å²) in [4.78, 5) is 24.1. The zero-order chi connectivity index (χ0) is 20.1. The third-order valence-electron chi connectivity index (χ3n) is 4.03. The van der Waals surface area contributed by atoms with Crippen molar-refractivity contribution in [2.45, 2.75) is 13.0 Å². The Labute approximate surface area is 172 Å². The molecule has 7 nitrogen and oxygen atoms in total. The number of benzene rings is 2. The molecule has 1 aliphatic rings. The second-order valence-corrected chi connectivity index (χ2v) is 6.97. The number of rotatable bonds is 5. The SMILES string of the molecule is C[C@H](NC(=O)NCC(=O)Nc1cc(Cl)ccc1Cl)c1ccc2c(c1)OCCO2. The zero-order valence-electron chi connectivity index (χ0n) is 15.1. The van der Waals surface area contributed by atoms with Gasteiger partial charge in [0.2, 0.25) is 5.91 Å². The molecule has 9 heteroatoms. The molecule has 1 aliphatic heterocycles. The average molecular weight is 424 g/mol. The van der Waals surface area contributed by atoms with Crippen molar-refractivity contribution in [3.63, 3.8) is 0 Å². The van der Waals surface area contributed by atoms with Gasteiger partial charge in [-0.15, -0.1) is 0 Å². The zero-order valence-corrected chi connectivity index (χ0v) is 16.6. The third-order valence-corrected chi connectivity index (χ3v) is 4.59. The highest BCUT2D eigenvalue weighted by Crippen LogP contribution is 2.32. The van der Waals surface area contributed by atoms with E-state index in [0.29, 0.717) is 40.4 Å². The molecule has 2 aromatic rings. The van der Waals surface area contributed by atoms with Crippen LogP contribution in [0.15, 0.2) is 36.4 Å². The van der Waals surface area contributed by atoms with Gasteiger partial charge < -0.3 is 25.4 Å². The lowest BCUT2D eigenvalue weighted by molar-refractivity contribution is -0.115. The van der Waals surface area contributed by atoms with Crippen molar-refractivity contribution in [2.75, 3.05) is 25.1 Å². The Bertz CT molecular complexity index is 891. The predicted molar refractivity (Wildman–Crippen MR) is 107 cm³/mol. The number of hydrogen-bond acceptors (Lipinski definition) is 4. The van der Waals surface area contributed by atoms with E-state index >= 15 is 0 Å². The number of fused-ring (bicyclic) bond motifs is 1. The van der Waals surface area contributed by atoms with Crippen LogP contribution in [0, 0.1) is 0 Å². The topological polar surface area (TPSA) is 88.7 Å². The van der Waals surface area contributed by atoms with E-state index in [2.05, 4.69) is 16.0 Å². The summed E-state index contributed by atoms with van der Waals surface area (Å²) in [6.07, 6.45) is 0. The van der Waals surface area contributed by atoms with Gasteiger partial charge in [0.1, 0.15) is 13.2 Å². The van der Waals surface area contributed by atoms with Gasteiger partial charge in [-0.05, 0) is 42.8 Å². The van der Waals surface area contributed by atoms with Crippen LogP contribution in [0.1, 0.15) is 18.5 Å². The Morgan fingerprint density at radius 1 is 1.07 bits per heavy atom. The first-order chi connectivity index (χ1) is 13.4. The molecule has 0 radical (unpaired) electrons. The van der Waals surface area contributed by atoms with Gasteiger partial charge in [0.25, 0.3) is 0 Å². The highest BCUT2D eigenvalue weighted by Gasteiger charge is 2.16. The molecule has 0 fully saturated rings. The molecule has 0 saturated carbocycles. The van der Waals surface area contributed by atoms with Gasteiger partial charge >= 0.3 is 6.03 Å². The van der Waals surface area contributed by atoms with Crippen molar-refractivity contribution in [1.29, 1.82) is 0 Å². The highest BCUT2D eigenvalue weighted by atomic mass is 35.5. The standard InChI is InChI=1S/C19H19Cl2N3O4/c1-11(12-2-5-16-17(8-12)28-7-6-27-16)23-19(26)22-10-18(25)24-15-9-13(20)3-4-14(15)21/h2-5,8-9,11H,6-7,10H2,1H3,(H,24,25)(H2,22,23,26)/t11-/m0/s1. The van der Waals surface area contributed by atoms with Crippen LogP contribution < -0.4 is 25.4 Å². The summed E-state index contributed by atoms with van der Waals surface area (Å²) < 4.78 is 11.0. The minimum atomic E-state index is -0.477. The van der Waals surface area contributed by atoms with E-state index in [0.717, 1.165) is 5.56 Å². The van der Waals surface area contributed by atoms with Gasteiger partial charge in [-0.1, -0.05) is 29.3 Å². The van der Waals surface area contributed by atoms with Crippen molar-refractivity contribution in [2.24, 2.45) is 0 Å². The molecule has 0 aromatic heterocycles. The van der Waals surface area contributed by atoms with Crippen LogP contribution in [0.4, 0.5) is 10.5 Å². The molecule has 3 N–H and O–H groups in total. The maximum Gasteiger partial charge on any atom is 0.315 e. The molecule has 1 atom stereocenters. The van der Waals surface area contributed by atoms with Crippen LogP contribution >= 0.6 is 23.2 Å². The van der Waals surface area contributed by atoms with E-state index in [-0.39, 0.29) is 12.6 Å². The van der Waals surface area contributed by atoms with Crippen molar-refractivity contribution in [3.8, 4) is 11.5 Å². The van der Waals surface area contributed by atoms with Crippen molar-refractivity contribution >= 4 is 40.8 Å². The summed E-state index contributed by atoms with van der Waals surface area (Å²) in [5.41, 5.74) is 1.24. The molecule has 0 unspecified atom stereocenters. The lowest BCUT2D eigenvalue weighted by Crippen LogP contribution is -2.41. The van der Waals surface area contributed by atoms with Gasteiger partial charge in [-0.2, -0.15) is 0 Å². The summed E-state index contributed by atoms with van der Waals surface area (Å²) in [6.45, 7) is 2.62. The quantitative estimate of drug-likeness (QED) is 0.682. The Kier molecular flexibility index (Phi) is 6.49. The molecule has 0 bridgehead atoms. The summed E-state index contributed by atoms with van der Waals surface area (Å²) >= 11 is 11.9. The molecule has 0 aliphatic carbocycles. The molecular weight excluding hydrogens is 405 g/mol. The van der Waals surface area contributed by atoms with Crippen LogP contribution in [-0.4, -0.2) is 31.7 Å². The van der Waals surface area contributed by atoms with Crippen molar-refractivity contribution in [3.05, 3.63) is 52.0 Å². The number of anilines is 1. The highest BCUT2D eigenvalue weighted by molar-refractivity contribution is 6.35. The van der Waals surface area contributed by atoms with Crippen LogP contribution in [0.3, 0.4) is 0 Å². The van der Waals surface area contributed by atoms with E-state index < -0.39 is 11.9 Å². The van der Waals surface area contributed by atoms with Crippen LogP contribution in [-0.2, 0) is 4.79 Å². The molecule has 1 heterocycles. The van der Waals surface area contributed by atoms with E-state index in [9.17, 15) is 9.59 Å². The van der Waals surface area contributed by atoms with Gasteiger partial charge in [0.15, 0.2) is 11.5 Å². The van der Waals surface area contributed by atoms with Crippen molar-refractivity contribution < 1.29 is 19.1 Å². The monoisotopic (exact) mass is 423 g/mol. The predicted octanol–water partition coefficient (Wildman–Crippen LogP) is 3.76. The lowest BCUT2D eigenvalue weighted by Gasteiger charge is -2.21. The van der Waals surface area contributed by atoms with Gasteiger partial charge in [0, 0.05) is 5.02 Å². The number of halogens is 2. The Morgan fingerprint density at radius 2 is 1.82 bits per heavy atom. The Hall–Kier alpha value is -2.64. The number of carbonyl (C=O) groups excluding carboxylic acids is 2. The largest absolute Gasteiger partial charge is 0.486 e. The van der Waals surface area contributed by atoms with E-state index in [1.165, 1.54) is 6.07 Å². The minimum Gasteiger partial charge on any atom is -0.486 e. The number of urea groups is 1. The minimum absolute atomic E-state index is 0.220. The van der Waals surface area contributed by atoms with Gasteiger partial charge in [0.05, 0.1) is 23.3 Å². The second kappa shape index (κ2) is 9.03. The first kappa shape index (κ1) is 20.1. The third kappa shape index (κ3) is 5.21. The number of ether oxygens (including phenoxy) is 2. The maximum atomic E-state index is 12.1. The lowest BCUT2D eigenvalue weighted by atomic mass is 10.1. The summed E-state index contributed by atoms with van der Waals surface area (Å²) in [7, 11) is 0. The first-order valence-electron chi connectivity index (χ1n) is 8.61. The van der Waals surface area contributed by atoms with Crippen molar-refractivity contribution in [1.82, 2.24) is 10.6 Å². The Morgan fingerprint density at radius 3 is 2.61 bits per heavy atom. The molecule has 0 spiro atoms. The maximum absolute atomic E-state index is 12.1. The summed E-state index contributed by atoms with van der Waals surface area (Å²) in [5.74, 6) is 0.907. The molecule has 28 heavy (non-hydrogen) atoms. The Balaban J connectivity index is 1.49. The molecule has 3 rings (SSSR count). The number of hydrogen-bond donors (Lipinski definition) is 3. The second-order valence-electron chi connectivity index (χ2n) is 6.12. The summed E-state index contributed by atoms with van der Waals surface area (Å²) in [5, 5.41) is 8.67. The fraction of sp³-hybridized carbons (Fsp3) is 0.263. The van der Waals surface area contributed by atoms with Crippen LogP contribution in [0.2, 0.25) is 10.0 Å². The molecule has 0 saturated heterocycles. The smallest absolute Gasteiger partial charge is 0.315 e. The number of nitrogens with one attached hydrogen (secondary N) is 3. The number of carbonyl (C=O) groups is 2. The van der Waals surface area contributed by atoms with E-state index in [4.69, 9.17) is 32.7 Å². The van der Waals surface area contributed by atoms with Gasteiger partial charge in [-0.25, -0.2) is 4.79 Å². The first-order valence-corrected chi connectivity index (χ1v) is 9.37. The van der Waals surface area contributed by atoms with Gasteiger partial charge in [-0.3, -0.25) is 4.79 Å². The molecular formula is C19H19Cl2N3O4. The normalized spacial score (nSPS) is 13.4. The van der Waals surface area contributed by atoms with E-state index in [1.807, 2.05) is 25.1 Å². The molecule has 2 aromatic carbocycles.